The van der Waals surface area contributed by atoms with Crippen molar-refractivity contribution < 1.29 is 35.5 Å². The van der Waals surface area contributed by atoms with Gasteiger partial charge < -0.3 is 15.4 Å². The molecule has 0 bridgehead atoms. The molecular formula is C20H21F4N3O4S. The lowest BCUT2D eigenvalue weighted by Crippen LogP contribution is -2.54. The van der Waals surface area contributed by atoms with Crippen molar-refractivity contribution in [2.24, 2.45) is 5.73 Å². The number of carbonyl (C=O) groups is 1. The lowest BCUT2D eigenvalue weighted by Gasteiger charge is -2.41. The Morgan fingerprint density at radius 2 is 1.88 bits per heavy atom. The third kappa shape index (κ3) is 4.37. The molecule has 1 fully saturated rings. The fourth-order valence-electron chi connectivity index (χ4n) is 3.78. The number of rotatable bonds is 5. The van der Waals surface area contributed by atoms with Gasteiger partial charge in [-0.3, -0.25) is 4.79 Å². The molecular weight excluding hydrogens is 454 g/mol. The molecule has 2 aromatic carbocycles. The van der Waals surface area contributed by atoms with Gasteiger partial charge in [-0.1, -0.05) is 6.07 Å². The number of amides is 1. The molecule has 1 aliphatic rings. The second-order valence-corrected chi connectivity index (χ2v) is 9.13. The first kappa shape index (κ1) is 23.8. The smallest absolute Gasteiger partial charge is 0.418 e. The summed E-state index contributed by atoms with van der Waals surface area (Å²) < 4.78 is 86.5. The van der Waals surface area contributed by atoms with Crippen molar-refractivity contribution in [1.82, 2.24) is 4.31 Å². The zero-order chi connectivity index (χ0) is 23.8. The molecule has 0 aliphatic carbocycles. The van der Waals surface area contributed by atoms with Crippen molar-refractivity contribution in [2.45, 2.75) is 24.0 Å². The Morgan fingerprint density at radius 3 is 2.44 bits per heavy atom. The Bertz CT molecular complexity index is 1140. The van der Waals surface area contributed by atoms with Crippen LogP contribution in [0, 0.1) is 5.82 Å². The summed E-state index contributed by atoms with van der Waals surface area (Å²) in [5.74, 6) is -2.09. The number of primary amides is 1. The highest BCUT2D eigenvalue weighted by Crippen LogP contribution is 2.38. The van der Waals surface area contributed by atoms with Crippen molar-refractivity contribution in [2.75, 3.05) is 31.6 Å². The van der Waals surface area contributed by atoms with Crippen molar-refractivity contribution in [3.8, 4) is 5.75 Å². The van der Waals surface area contributed by atoms with E-state index in [1.165, 1.54) is 30.2 Å². The summed E-state index contributed by atoms with van der Waals surface area (Å²) >= 11 is 0. The van der Waals surface area contributed by atoms with Crippen molar-refractivity contribution in [1.29, 1.82) is 0 Å². The number of nitrogens with two attached hydrogens (primary N) is 1. The minimum atomic E-state index is -4.77. The molecule has 3 rings (SSSR count). The molecule has 2 N–H and O–H groups in total. The molecule has 0 unspecified atom stereocenters. The van der Waals surface area contributed by atoms with Gasteiger partial charge >= 0.3 is 6.18 Å². The van der Waals surface area contributed by atoms with Gasteiger partial charge in [0.05, 0.1) is 18.2 Å². The van der Waals surface area contributed by atoms with Crippen LogP contribution in [0.5, 0.6) is 5.75 Å². The van der Waals surface area contributed by atoms with E-state index in [9.17, 15) is 30.8 Å². The van der Waals surface area contributed by atoms with Gasteiger partial charge in [0.15, 0.2) is 5.75 Å². The summed E-state index contributed by atoms with van der Waals surface area (Å²) in [6, 6.07) is 5.60. The van der Waals surface area contributed by atoms with E-state index in [2.05, 4.69) is 0 Å². The Labute approximate surface area is 182 Å². The lowest BCUT2D eigenvalue weighted by molar-refractivity contribution is -0.137. The van der Waals surface area contributed by atoms with Gasteiger partial charge in [-0.15, -0.1) is 0 Å². The van der Waals surface area contributed by atoms with Crippen LogP contribution < -0.4 is 15.4 Å². The number of nitrogens with zero attached hydrogens (tertiary/aromatic N) is 2. The number of ether oxygens (including phenoxy) is 1. The Hall–Kier alpha value is -2.86. The fraction of sp³-hybridized carbons (Fsp3) is 0.350. The van der Waals surface area contributed by atoms with Crippen LogP contribution in [0.15, 0.2) is 41.3 Å². The average molecular weight is 475 g/mol. The van der Waals surface area contributed by atoms with Crippen molar-refractivity contribution in [3.63, 3.8) is 0 Å². The van der Waals surface area contributed by atoms with Gasteiger partial charge in [0.25, 0.3) is 5.91 Å². The van der Waals surface area contributed by atoms with E-state index >= 15 is 0 Å². The Morgan fingerprint density at radius 1 is 1.19 bits per heavy atom. The van der Waals surface area contributed by atoms with E-state index in [1.807, 2.05) is 0 Å². The summed E-state index contributed by atoms with van der Waals surface area (Å²) in [6.07, 6.45) is -4.77. The molecule has 1 atom stereocenters. The summed E-state index contributed by atoms with van der Waals surface area (Å²) in [5.41, 5.74) is 3.83. The van der Waals surface area contributed by atoms with Crippen LogP contribution in [0.2, 0.25) is 0 Å². The van der Waals surface area contributed by atoms with E-state index in [1.54, 1.807) is 6.92 Å². The largest absolute Gasteiger partial charge is 0.494 e. The lowest BCUT2D eigenvalue weighted by atomic mass is 10.1. The molecule has 1 amide bonds. The number of hydrogen-bond acceptors (Lipinski definition) is 5. The number of sulfonamides is 1. The standard InChI is InChI=1S/C20H21F4N3O4S/c1-12-11-26(16-7-6-13(21)10-15(16)20(22,23)24)8-9-27(12)32(29,30)17-5-3-4-14(19(25)28)18(17)31-2/h3-7,10,12H,8-9,11H2,1-2H3,(H2,25,28)/t12-/m1/s1. The van der Waals surface area contributed by atoms with Gasteiger partial charge in [0.2, 0.25) is 10.0 Å². The molecule has 7 nitrogen and oxygen atoms in total. The fourth-order valence-corrected chi connectivity index (χ4v) is 5.57. The van der Waals surface area contributed by atoms with Crippen LogP contribution in [0.4, 0.5) is 23.2 Å². The highest BCUT2D eigenvalue weighted by molar-refractivity contribution is 7.89. The van der Waals surface area contributed by atoms with Crippen molar-refractivity contribution in [3.05, 3.63) is 53.3 Å². The maximum absolute atomic E-state index is 13.4. The van der Waals surface area contributed by atoms with Crippen LogP contribution in [-0.4, -0.2) is 51.4 Å². The number of hydrogen-bond donors (Lipinski definition) is 1. The molecule has 32 heavy (non-hydrogen) atoms. The van der Waals surface area contributed by atoms with Crippen LogP contribution in [-0.2, 0) is 16.2 Å². The SMILES string of the molecule is COc1c(C(N)=O)cccc1S(=O)(=O)N1CCN(c2ccc(F)cc2C(F)(F)F)C[C@H]1C. The zero-order valence-electron chi connectivity index (χ0n) is 17.2. The third-order valence-electron chi connectivity index (χ3n) is 5.21. The molecule has 174 valence electrons. The quantitative estimate of drug-likeness (QED) is 0.672. The Balaban J connectivity index is 1.94. The van der Waals surface area contributed by atoms with Gasteiger partial charge in [0, 0.05) is 31.4 Å². The number of anilines is 1. The second-order valence-electron chi connectivity index (χ2n) is 7.27. The highest BCUT2D eigenvalue weighted by atomic mass is 32.2. The molecule has 0 spiro atoms. The van der Waals surface area contributed by atoms with Gasteiger partial charge in [-0.2, -0.15) is 17.5 Å². The molecule has 0 aromatic heterocycles. The normalized spacial score (nSPS) is 17.9. The summed E-state index contributed by atoms with van der Waals surface area (Å²) in [5, 5.41) is 0. The van der Waals surface area contributed by atoms with E-state index in [0.29, 0.717) is 6.07 Å². The maximum Gasteiger partial charge on any atom is 0.418 e. The van der Waals surface area contributed by atoms with Crippen LogP contribution >= 0.6 is 0 Å². The molecule has 1 heterocycles. The zero-order valence-corrected chi connectivity index (χ0v) is 18.0. The first-order valence-electron chi connectivity index (χ1n) is 9.48. The summed E-state index contributed by atoms with van der Waals surface area (Å²) in [4.78, 5) is 12.7. The van der Waals surface area contributed by atoms with Gasteiger partial charge in [-0.05, 0) is 37.3 Å². The first-order chi connectivity index (χ1) is 14.9. The summed E-state index contributed by atoms with van der Waals surface area (Å²) in [7, 11) is -2.97. The number of alkyl halides is 3. The van der Waals surface area contributed by atoms with E-state index in [-0.39, 0.29) is 41.5 Å². The predicted molar refractivity (Wildman–Crippen MR) is 108 cm³/mol. The number of piperazine rings is 1. The highest BCUT2D eigenvalue weighted by Gasteiger charge is 2.40. The van der Waals surface area contributed by atoms with E-state index in [4.69, 9.17) is 10.5 Å². The maximum atomic E-state index is 13.4. The van der Waals surface area contributed by atoms with Crippen LogP contribution in [0.3, 0.4) is 0 Å². The van der Waals surface area contributed by atoms with Crippen LogP contribution in [0.1, 0.15) is 22.8 Å². The second kappa shape index (κ2) is 8.58. The van der Waals surface area contributed by atoms with E-state index in [0.717, 1.165) is 16.4 Å². The van der Waals surface area contributed by atoms with Crippen LogP contribution in [0.25, 0.3) is 0 Å². The molecule has 12 heteroatoms. The molecule has 1 aliphatic heterocycles. The van der Waals surface area contributed by atoms with E-state index < -0.39 is 39.5 Å². The number of carbonyl (C=O) groups excluding carboxylic acids is 1. The third-order valence-corrected chi connectivity index (χ3v) is 7.24. The average Bonchev–Trinajstić information content (AvgIpc) is 2.72. The van der Waals surface area contributed by atoms with Crippen molar-refractivity contribution >= 4 is 21.6 Å². The number of benzene rings is 2. The number of methoxy groups -OCH3 is 1. The minimum absolute atomic E-state index is 0.0594. The molecule has 0 radical (unpaired) electrons. The van der Waals surface area contributed by atoms with Gasteiger partial charge in [0.1, 0.15) is 10.7 Å². The van der Waals surface area contributed by atoms with Gasteiger partial charge in [-0.25, -0.2) is 12.8 Å². The Kier molecular flexibility index (Phi) is 6.38. The number of halogens is 4. The molecule has 0 saturated carbocycles. The first-order valence-corrected chi connectivity index (χ1v) is 10.9. The summed E-state index contributed by atoms with van der Waals surface area (Å²) in [6.45, 7) is 1.29. The monoisotopic (exact) mass is 475 g/mol. The molecule has 1 saturated heterocycles. The predicted octanol–water partition coefficient (Wildman–Crippen LogP) is 2.85. The number of para-hydroxylation sites is 1. The molecule has 2 aromatic rings. The topological polar surface area (TPSA) is 92.9 Å². The minimum Gasteiger partial charge on any atom is -0.494 e.